The summed E-state index contributed by atoms with van der Waals surface area (Å²) in [5.41, 5.74) is 5.52. The van der Waals surface area contributed by atoms with Crippen LogP contribution in [0.3, 0.4) is 0 Å². The van der Waals surface area contributed by atoms with Crippen molar-refractivity contribution in [1.82, 2.24) is 9.80 Å². The van der Waals surface area contributed by atoms with E-state index in [-0.39, 0.29) is 13.1 Å². The van der Waals surface area contributed by atoms with Gasteiger partial charge in [0.1, 0.15) is 0 Å². The lowest BCUT2D eigenvalue weighted by atomic mass is 10.1. The second-order valence-corrected chi connectivity index (χ2v) is 4.78. The van der Waals surface area contributed by atoms with Gasteiger partial charge in [0.15, 0.2) is 0 Å². The van der Waals surface area contributed by atoms with Crippen LogP contribution in [-0.2, 0) is 4.79 Å². The Bertz CT molecular complexity index is 283. The molecule has 0 bridgehead atoms. The normalized spacial score (nSPS) is 20.6. The lowest BCUT2D eigenvalue weighted by Crippen LogP contribution is -2.43. The average molecular weight is 267 g/mol. The summed E-state index contributed by atoms with van der Waals surface area (Å²) < 4.78 is 36.9. The second kappa shape index (κ2) is 6.38. The van der Waals surface area contributed by atoms with Gasteiger partial charge in [-0.15, -0.1) is 0 Å². The Morgan fingerprint density at radius 1 is 1.28 bits per heavy atom. The first-order valence-electron chi connectivity index (χ1n) is 6.13. The Kier molecular flexibility index (Phi) is 5.40. The molecule has 4 nitrogen and oxygen atoms in total. The van der Waals surface area contributed by atoms with Gasteiger partial charge in [0.05, 0.1) is 0 Å². The summed E-state index contributed by atoms with van der Waals surface area (Å²) in [6, 6.07) is 0. The molecule has 1 unspecified atom stereocenters. The molecule has 0 aliphatic carbocycles. The summed E-state index contributed by atoms with van der Waals surface area (Å²) >= 11 is 0. The van der Waals surface area contributed by atoms with Gasteiger partial charge in [-0.1, -0.05) is 6.92 Å². The number of rotatable bonds is 3. The third-order valence-corrected chi connectivity index (χ3v) is 3.09. The maximum Gasteiger partial charge on any atom is 0.471 e. The first-order valence-corrected chi connectivity index (χ1v) is 6.13. The minimum Gasteiger partial charge on any atom is -0.334 e. The first kappa shape index (κ1) is 15.2. The number of carbonyl (C=O) groups excluding carboxylic acids is 1. The first-order chi connectivity index (χ1) is 8.34. The van der Waals surface area contributed by atoms with Gasteiger partial charge in [-0.2, -0.15) is 13.2 Å². The predicted molar refractivity (Wildman–Crippen MR) is 61.9 cm³/mol. The number of halogens is 3. The Balaban J connectivity index is 2.49. The van der Waals surface area contributed by atoms with Gasteiger partial charge >= 0.3 is 12.1 Å². The van der Waals surface area contributed by atoms with E-state index in [1.165, 1.54) is 0 Å². The number of nitrogens with two attached hydrogens (primary N) is 1. The van der Waals surface area contributed by atoms with Crippen molar-refractivity contribution in [3.05, 3.63) is 0 Å². The maximum absolute atomic E-state index is 12.3. The van der Waals surface area contributed by atoms with Crippen molar-refractivity contribution in [3.63, 3.8) is 0 Å². The van der Waals surface area contributed by atoms with Crippen LogP contribution in [0.15, 0.2) is 0 Å². The average Bonchev–Trinajstić information content (AvgIpc) is 2.52. The maximum atomic E-state index is 12.3. The van der Waals surface area contributed by atoms with E-state index in [0.717, 1.165) is 11.4 Å². The van der Waals surface area contributed by atoms with Crippen LogP contribution in [0.4, 0.5) is 13.2 Å². The fourth-order valence-electron chi connectivity index (χ4n) is 2.05. The smallest absolute Gasteiger partial charge is 0.334 e. The van der Waals surface area contributed by atoms with Crippen LogP contribution in [0.2, 0.25) is 0 Å². The molecule has 0 saturated carbocycles. The zero-order valence-electron chi connectivity index (χ0n) is 10.5. The molecule has 1 atom stereocenters. The highest BCUT2D eigenvalue weighted by Gasteiger charge is 2.42. The van der Waals surface area contributed by atoms with Crippen LogP contribution in [-0.4, -0.2) is 61.2 Å². The van der Waals surface area contributed by atoms with Crippen molar-refractivity contribution in [2.45, 2.75) is 19.5 Å². The van der Waals surface area contributed by atoms with Gasteiger partial charge in [-0.05, 0) is 25.4 Å². The molecule has 0 aromatic carbocycles. The van der Waals surface area contributed by atoms with Gasteiger partial charge in [0.2, 0.25) is 0 Å². The summed E-state index contributed by atoms with van der Waals surface area (Å²) in [5.74, 6) is -1.41. The number of alkyl halides is 3. The highest BCUT2D eigenvalue weighted by atomic mass is 19.4. The summed E-state index contributed by atoms with van der Waals surface area (Å²) in [7, 11) is 0. The lowest BCUT2D eigenvalue weighted by molar-refractivity contribution is -0.185. The molecule has 0 aromatic heterocycles. The molecule has 0 aromatic rings. The van der Waals surface area contributed by atoms with Crippen molar-refractivity contribution in [2.75, 3.05) is 39.3 Å². The SMILES string of the molecule is CC(CN)CN1CCCN(C(=O)C(F)(F)F)CC1. The minimum absolute atomic E-state index is 0.135. The molecular formula is C11H20F3N3O. The molecule has 1 aliphatic heterocycles. The summed E-state index contributed by atoms with van der Waals surface area (Å²) in [6.45, 7) is 4.83. The Hall–Kier alpha value is -0.820. The number of nitrogens with zero attached hydrogens (tertiary/aromatic N) is 2. The topological polar surface area (TPSA) is 49.6 Å². The van der Waals surface area contributed by atoms with E-state index in [4.69, 9.17) is 5.73 Å². The molecule has 1 fully saturated rings. The van der Waals surface area contributed by atoms with Gasteiger partial charge in [-0.25, -0.2) is 0 Å². The molecule has 1 aliphatic rings. The predicted octanol–water partition coefficient (Wildman–Crippen LogP) is 0.678. The van der Waals surface area contributed by atoms with Crippen LogP contribution in [0.5, 0.6) is 0 Å². The monoisotopic (exact) mass is 267 g/mol. The summed E-state index contributed by atoms with van der Waals surface area (Å²) in [5, 5.41) is 0. The van der Waals surface area contributed by atoms with Crippen molar-refractivity contribution in [1.29, 1.82) is 0 Å². The van der Waals surface area contributed by atoms with Crippen molar-refractivity contribution in [3.8, 4) is 0 Å². The van der Waals surface area contributed by atoms with Crippen LogP contribution in [0.1, 0.15) is 13.3 Å². The number of hydrogen-bond donors (Lipinski definition) is 1. The van der Waals surface area contributed by atoms with Crippen molar-refractivity contribution < 1.29 is 18.0 Å². The molecule has 1 rings (SSSR count). The van der Waals surface area contributed by atoms with E-state index in [0.29, 0.717) is 32.0 Å². The van der Waals surface area contributed by atoms with E-state index in [2.05, 4.69) is 4.90 Å². The van der Waals surface area contributed by atoms with E-state index in [9.17, 15) is 18.0 Å². The van der Waals surface area contributed by atoms with Crippen LogP contribution >= 0.6 is 0 Å². The van der Waals surface area contributed by atoms with E-state index in [1.807, 2.05) is 6.92 Å². The molecule has 7 heteroatoms. The van der Waals surface area contributed by atoms with Crippen LogP contribution in [0.25, 0.3) is 0 Å². The lowest BCUT2D eigenvalue weighted by Gasteiger charge is -2.24. The zero-order chi connectivity index (χ0) is 13.8. The Morgan fingerprint density at radius 2 is 1.94 bits per heavy atom. The Labute approximate surface area is 105 Å². The molecule has 106 valence electrons. The van der Waals surface area contributed by atoms with Crippen molar-refractivity contribution >= 4 is 5.91 Å². The van der Waals surface area contributed by atoms with E-state index in [1.54, 1.807) is 0 Å². The highest BCUT2D eigenvalue weighted by molar-refractivity contribution is 5.81. The molecule has 1 amide bonds. The second-order valence-electron chi connectivity index (χ2n) is 4.78. The summed E-state index contributed by atoms with van der Waals surface area (Å²) in [4.78, 5) is 14.1. The zero-order valence-corrected chi connectivity index (χ0v) is 10.5. The molecule has 18 heavy (non-hydrogen) atoms. The third-order valence-electron chi connectivity index (χ3n) is 3.09. The van der Waals surface area contributed by atoms with E-state index < -0.39 is 12.1 Å². The standard InChI is InChI=1S/C11H20F3N3O/c1-9(7-15)8-16-3-2-4-17(6-5-16)10(18)11(12,13)14/h9H,2-8,15H2,1H3. The number of carbonyl (C=O) groups is 1. The fourth-order valence-corrected chi connectivity index (χ4v) is 2.05. The highest BCUT2D eigenvalue weighted by Crippen LogP contribution is 2.19. The fraction of sp³-hybridized carbons (Fsp3) is 0.909. The van der Waals surface area contributed by atoms with Gasteiger partial charge in [-0.3, -0.25) is 4.79 Å². The molecule has 1 saturated heterocycles. The van der Waals surface area contributed by atoms with Crippen LogP contribution < -0.4 is 5.73 Å². The molecule has 1 heterocycles. The third kappa shape index (κ3) is 4.45. The number of hydrogen-bond acceptors (Lipinski definition) is 3. The van der Waals surface area contributed by atoms with E-state index >= 15 is 0 Å². The molecule has 0 spiro atoms. The van der Waals surface area contributed by atoms with Crippen molar-refractivity contribution in [2.24, 2.45) is 11.7 Å². The van der Waals surface area contributed by atoms with Gasteiger partial charge in [0.25, 0.3) is 0 Å². The molecule has 0 radical (unpaired) electrons. The molecule has 2 N–H and O–H groups in total. The summed E-state index contributed by atoms with van der Waals surface area (Å²) in [6.07, 6.45) is -4.20. The quantitative estimate of drug-likeness (QED) is 0.818. The Morgan fingerprint density at radius 3 is 2.50 bits per heavy atom. The van der Waals surface area contributed by atoms with Gasteiger partial charge in [0, 0.05) is 26.2 Å². The minimum atomic E-state index is -4.76. The van der Waals surface area contributed by atoms with Crippen LogP contribution in [0, 0.1) is 5.92 Å². The van der Waals surface area contributed by atoms with Gasteiger partial charge < -0.3 is 15.5 Å². The molecular weight excluding hydrogens is 247 g/mol. The largest absolute Gasteiger partial charge is 0.471 e. The number of amides is 1.